The van der Waals surface area contributed by atoms with Crippen molar-refractivity contribution in [1.29, 1.82) is 0 Å². The number of carbonyl (C=O) groups is 2. The van der Waals surface area contributed by atoms with Gasteiger partial charge in [0.25, 0.3) is 5.69 Å². The highest BCUT2D eigenvalue weighted by Gasteiger charge is 2.41. The Morgan fingerprint density at radius 2 is 1.87 bits per heavy atom. The lowest BCUT2D eigenvalue weighted by Crippen LogP contribution is -2.48. The van der Waals surface area contributed by atoms with Crippen molar-refractivity contribution in [3.05, 3.63) is 39.4 Å². The lowest BCUT2D eigenvalue weighted by atomic mass is 9.89. The smallest absolute Gasteiger partial charge is 0.411 e. The topological polar surface area (TPSA) is 89.8 Å². The van der Waals surface area contributed by atoms with E-state index in [-0.39, 0.29) is 11.3 Å². The van der Waals surface area contributed by atoms with Crippen LogP contribution >= 0.6 is 0 Å². The number of likely N-dealkylation sites (N-methyl/N-ethyl adjacent to an activating group) is 1. The quantitative estimate of drug-likeness (QED) is 0.482. The molecule has 0 heterocycles. The SMILES string of the molecule is Cc1cccc(C(C)(C=O)N(C)C(=O)OC(C)(C)C)c1[N+](=O)[O-]. The molecule has 0 aliphatic heterocycles. The minimum Gasteiger partial charge on any atom is -0.444 e. The maximum Gasteiger partial charge on any atom is 0.411 e. The van der Waals surface area contributed by atoms with Crippen LogP contribution in [0.25, 0.3) is 0 Å². The highest BCUT2D eigenvalue weighted by atomic mass is 16.6. The fraction of sp³-hybridized carbons (Fsp3) is 0.500. The Morgan fingerprint density at radius 3 is 2.30 bits per heavy atom. The van der Waals surface area contributed by atoms with Gasteiger partial charge >= 0.3 is 6.09 Å². The number of hydrogen-bond acceptors (Lipinski definition) is 5. The van der Waals surface area contributed by atoms with Gasteiger partial charge < -0.3 is 9.53 Å². The third kappa shape index (κ3) is 3.85. The number of benzene rings is 1. The fourth-order valence-electron chi connectivity index (χ4n) is 2.15. The van der Waals surface area contributed by atoms with E-state index in [9.17, 15) is 19.7 Å². The van der Waals surface area contributed by atoms with Crippen LogP contribution in [0.4, 0.5) is 10.5 Å². The van der Waals surface area contributed by atoms with E-state index in [1.54, 1.807) is 39.8 Å². The third-order valence-corrected chi connectivity index (χ3v) is 3.56. The lowest BCUT2D eigenvalue weighted by molar-refractivity contribution is -0.386. The average molecular weight is 322 g/mol. The molecule has 1 unspecified atom stereocenters. The van der Waals surface area contributed by atoms with Crippen LogP contribution in [0.15, 0.2) is 18.2 Å². The standard InChI is InChI=1S/C16H22N2O5/c1-11-8-7-9-12(13(11)18(21)22)16(5,10-19)17(6)14(20)23-15(2,3)4/h7-10H,1-6H3. The summed E-state index contributed by atoms with van der Waals surface area (Å²) >= 11 is 0. The van der Waals surface area contributed by atoms with Gasteiger partial charge in [0.1, 0.15) is 17.4 Å². The maximum atomic E-state index is 12.3. The molecule has 0 saturated heterocycles. The first kappa shape index (κ1) is 18.6. The number of aldehydes is 1. The Morgan fingerprint density at radius 1 is 1.30 bits per heavy atom. The normalized spacial score (nSPS) is 13.8. The number of ether oxygens (including phenoxy) is 1. The summed E-state index contributed by atoms with van der Waals surface area (Å²) in [5.74, 6) is 0. The summed E-state index contributed by atoms with van der Waals surface area (Å²) < 4.78 is 5.26. The van der Waals surface area contributed by atoms with E-state index >= 15 is 0 Å². The Balaban J connectivity index is 3.41. The fourth-order valence-corrected chi connectivity index (χ4v) is 2.15. The summed E-state index contributed by atoms with van der Waals surface area (Å²) in [5, 5.41) is 11.4. The summed E-state index contributed by atoms with van der Waals surface area (Å²) in [4.78, 5) is 35.9. The average Bonchev–Trinajstić information content (AvgIpc) is 2.43. The molecular weight excluding hydrogens is 300 g/mol. The predicted molar refractivity (Wildman–Crippen MR) is 85.2 cm³/mol. The zero-order valence-corrected chi connectivity index (χ0v) is 14.2. The second-order valence-electron chi connectivity index (χ2n) is 6.53. The molecule has 0 aliphatic rings. The van der Waals surface area contributed by atoms with E-state index < -0.39 is 22.2 Å². The minimum absolute atomic E-state index is 0.144. The number of rotatable bonds is 4. The molecule has 1 aromatic carbocycles. The molecular formula is C16H22N2O5. The minimum atomic E-state index is -1.52. The zero-order chi connectivity index (χ0) is 18.0. The first-order valence-corrected chi connectivity index (χ1v) is 7.11. The number of carbonyl (C=O) groups excluding carboxylic acids is 2. The van der Waals surface area contributed by atoms with Gasteiger partial charge in [0, 0.05) is 12.6 Å². The van der Waals surface area contributed by atoms with Crippen molar-refractivity contribution in [3.8, 4) is 0 Å². The van der Waals surface area contributed by atoms with E-state index in [0.717, 1.165) is 4.90 Å². The van der Waals surface area contributed by atoms with Gasteiger partial charge in [-0.1, -0.05) is 12.1 Å². The van der Waals surface area contributed by atoms with Gasteiger partial charge in [-0.15, -0.1) is 0 Å². The van der Waals surface area contributed by atoms with Crippen LogP contribution in [0.5, 0.6) is 0 Å². The second-order valence-corrected chi connectivity index (χ2v) is 6.53. The van der Waals surface area contributed by atoms with Gasteiger partial charge in [0.05, 0.1) is 10.5 Å². The zero-order valence-electron chi connectivity index (χ0n) is 14.2. The number of amides is 1. The number of nitro benzene ring substituents is 1. The van der Waals surface area contributed by atoms with Crippen LogP contribution in [-0.2, 0) is 15.1 Å². The first-order chi connectivity index (χ1) is 10.4. The molecule has 1 amide bonds. The molecule has 1 rings (SSSR count). The van der Waals surface area contributed by atoms with Crippen LogP contribution in [0, 0.1) is 17.0 Å². The summed E-state index contributed by atoms with van der Waals surface area (Å²) in [7, 11) is 1.38. The molecule has 0 aromatic heterocycles. The van der Waals surface area contributed by atoms with Crippen LogP contribution < -0.4 is 0 Å². The van der Waals surface area contributed by atoms with E-state index in [4.69, 9.17) is 4.74 Å². The van der Waals surface area contributed by atoms with Crippen LogP contribution in [-0.4, -0.2) is 34.9 Å². The lowest BCUT2D eigenvalue weighted by Gasteiger charge is -2.35. The number of nitro groups is 1. The Hall–Kier alpha value is -2.44. The molecule has 0 bridgehead atoms. The monoisotopic (exact) mass is 322 g/mol. The van der Waals surface area contributed by atoms with Crippen molar-refractivity contribution in [2.45, 2.75) is 45.8 Å². The van der Waals surface area contributed by atoms with Gasteiger partial charge in [-0.2, -0.15) is 0 Å². The molecule has 7 heteroatoms. The molecule has 0 saturated carbocycles. The third-order valence-electron chi connectivity index (χ3n) is 3.56. The van der Waals surface area contributed by atoms with E-state index in [0.29, 0.717) is 11.8 Å². The Labute approximate surface area is 135 Å². The molecule has 0 N–H and O–H groups in total. The second kappa shape index (κ2) is 6.36. The number of nitrogens with zero attached hydrogens (tertiary/aromatic N) is 2. The summed E-state index contributed by atoms with van der Waals surface area (Å²) in [6.07, 6.45) is -0.221. The van der Waals surface area contributed by atoms with Gasteiger partial charge in [0.15, 0.2) is 0 Å². The van der Waals surface area contributed by atoms with Crippen molar-refractivity contribution in [2.24, 2.45) is 0 Å². The number of para-hydroxylation sites is 1. The van der Waals surface area contributed by atoms with Crippen LogP contribution in [0.2, 0.25) is 0 Å². The molecule has 1 aromatic rings. The molecule has 126 valence electrons. The van der Waals surface area contributed by atoms with E-state index in [1.165, 1.54) is 20.0 Å². The van der Waals surface area contributed by atoms with Crippen molar-refractivity contribution in [3.63, 3.8) is 0 Å². The Kier molecular flexibility index (Phi) is 5.14. The van der Waals surface area contributed by atoms with E-state index in [1.807, 2.05) is 0 Å². The molecule has 1 atom stereocenters. The highest BCUT2D eigenvalue weighted by molar-refractivity contribution is 5.79. The molecule has 23 heavy (non-hydrogen) atoms. The predicted octanol–water partition coefficient (Wildman–Crippen LogP) is 3.18. The van der Waals surface area contributed by atoms with Crippen molar-refractivity contribution in [2.75, 3.05) is 7.05 Å². The molecule has 0 radical (unpaired) electrons. The summed E-state index contributed by atoms with van der Waals surface area (Å²) in [5.41, 5.74) is -1.88. The van der Waals surface area contributed by atoms with Crippen molar-refractivity contribution in [1.82, 2.24) is 4.90 Å². The summed E-state index contributed by atoms with van der Waals surface area (Å²) in [6, 6.07) is 4.67. The van der Waals surface area contributed by atoms with Gasteiger partial charge in [-0.3, -0.25) is 15.0 Å². The summed E-state index contributed by atoms with van der Waals surface area (Å²) in [6.45, 7) is 8.14. The van der Waals surface area contributed by atoms with Crippen molar-refractivity contribution < 1.29 is 19.2 Å². The van der Waals surface area contributed by atoms with Gasteiger partial charge in [0.2, 0.25) is 0 Å². The number of hydrogen-bond donors (Lipinski definition) is 0. The molecule has 0 spiro atoms. The van der Waals surface area contributed by atoms with Crippen LogP contribution in [0.1, 0.15) is 38.8 Å². The molecule has 0 aliphatic carbocycles. The maximum absolute atomic E-state index is 12.3. The van der Waals surface area contributed by atoms with E-state index in [2.05, 4.69) is 0 Å². The first-order valence-electron chi connectivity index (χ1n) is 7.11. The van der Waals surface area contributed by atoms with Gasteiger partial charge in [-0.05, 0) is 40.7 Å². The van der Waals surface area contributed by atoms with Gasteiger partial charge in [-0.25, -0.2) is 4.79 Å². The number of aryl methyl sites for hydroxylation is 1. The Bertz CT molecular complexity index is 636. The highest BCUT2D eigenvalue weighted by Crippen LogP contribution is 2.35. The molecule has 7 nitrogen and oxygen atoms in total. The molecule has 0 fully saturated rings. The largest absolute Gasteiger partial charge is 0.444 e. The van der Waals surface area contributed by atoms with Crippen LogP contribution in [0.3, 0.4) is 0 Å². The van der Waals surface area contributed by atoms with Crippen molar-refractivity contribution >= 4 is 18.1 Å².